The monoisotopic (exact) mass is 282 g/mol. The van der Waals surface area contributed by atoms with Gasteiger partial charge in [-0.1, -0.05) is 26.1 Å². The van der Waals surface area contributed by atoms with Crippen LogP contribution in [0.5, 0.6) is 0 Å². The van der Waals surface area contributed by atoms with E-state index in [1.165, 1.54) is 0 Å². The highest BCUT2D eigenvalue weighted by atomic mass is 32.1. The molecule has 0 saturated carbocycles. The third kappa shape index (κ3) is 3.76. The van der Waals surface area contributed by atoms with E-state index < -0.39 is 0 Å². The van der Waals surface area contributed by atoms with E-state index in [1.807, 2.05) is 26.8 Å². The minimum atomic E-state index is -0.0275. The molecule has 0 aliphatic carbocycles. The first-order valence-electron chi connectivity index (χ1n) is 6.52. The van der Waals surface area contributed by atoms with Crippen LogP contribution < -0.4 is 5.73 Å². The molecule has 1 atom stereocenters. The molecular weight excluding hydrogens is 260 g/mol. The predicted octanol–water partition coefficient (Wildman–Crippen LogP) is 1.37. The number of carbonyl (C=O) groups excluding carboxylic acids is 1. The molecule has 0 aliphatic rings. The quantitative estimate of drug-likeness (QED) is 0.800. The minimum Gasteiger partial charge on any atom is -0.393 e. The Morgan fingerprint density at radius 2 is 2.21 bits per heavy atom. The fourth-order valence-electron chi connectivity index (χ4n) is 1.84. The number of nitrogens with zero attached hydrogens (tertiary/aromatic N) is 3. The highest BCUT2D eigenvalue weighted by Gasteiger charge is 2.21. The average molecular weight is 282 g/mol. The van der Waals surface area contributed by atoms with Crippen LogP contribution >= 0.6 is 12.2 Å². The van der Waals surface area contributed by atoms with Gasteiger partial charge in [0.2, 0.25) is 0 Å². The van der Waals surface area contributed by atoms with Gasteiger partial charge in [0.1, 0.15) is 5.69 Å². The van der Waals surface area contributed by atoms with Crippen molar-refractivity contribution in [3.8, 4) is 0 Å². The number of rotatable bonds is 6. The fourth-order valence-corrected chi connectivity index (χ4v) is 1.91. The Hall–Kier alpha value is -1.43. The maximum atomic E-state index is 12.5. The maximum absolute atomic E-state index is 12.5. The SMILES string of the molecule is CCc1cc(C(=O)N(CC)CC(C)C(N)=S)n(C)n1. The standard InChI is InChI=1S/C13H22N4OS/c1-5-10-7-11(16(4)15-10)13(18)17(6-2)8-9(3)12(14)19/h7,9H,5-6,8H2,1-4H3,(H2,14,19). The number of thiocarbonyl (C=S) groups is 1. The summed E-state index contributed by atoms with van der Waals surface area (Å²) in [5.74, 6) is -0.0157. The number of carbonyl (C=O) groups is 1. The second-order valence-electron chi connectivity index (χ2n) is 4.65. The van der Waals surface area contributed by atoms with Crippen LogP contribution in [-0.4, -0.2) is 38.7 Å². The predicted molar refractivity (Wildman–Crippen MR) is 80.1 cm³/mol. The van der Waals surface area contributed by atoms with Gasteiger partial charge in [-0.2, -0.15) is 5.10 Å². The summed E-state index contributed by atoms with van der Waals surface area (Å²) in [5.41, 5.74) is 7.14. The van der Waals surface area contributed by atoms with Crippen molar-refractivity contribution in [2.24, 2.45) is 18.7 Å². The zero-order chi connectivity index (χ0) is 14.6. The molecule has 0 saturated heterocycles. The Morgan fingerprint density at radius 1 is 1.58 bits per heavy atom. The summed E-state index contributed by atoms with van der Waals surface area (Å²) in [6.45, 7) is 7.05. The van der Waals surface area contributed by atoms with Crippen molar-refractivity contribution in [3.05, 3.63) is 17.5 Å². The number of aryl methyl sites for hydroxylation is 2. The van der Waals surface area contributed by atoms with Gasteiger partial charge in [0.15, 0.2) is 0 Å². The lowest BCUT2D eigenvalue weighted by Gasteiger charge is -2.24. The van der Waals surface area contributed by atoms with Crippen molar-refractivity contribution >= 4 is 23.1 Å². The Morgan fingerprint density at radius 3 is 2.63 bits per heavy atom. The maximum Gasteiger partial charge on any atom is 0.272 e. The van der Waals surface area contributed by atoms with Crippen molar-refractivity contribution in [2.75, 3.05) is 13.1 Å². The molecule has 0 spiro atoms. The Labute approximate surface area is 119 Å². The molecular formula is C13H22N4OS. The normalized spacial score (nSPS) is 12.2. The third-order valence-corrected chi connectivity index (χ3v) is 3.56. The smallest absolute Gasteiger partial charge is 0.272 e. The molecule has 1 amide bonds. The molecule has 0 fully saturated rings. The highest BCUT2D eigenvalue weighted by molar-refractivity contribution is 7.80. The Kier molecular flexibility index (Phi) is 5.47. The highest BCUT2D eigenvalue weighted by Crippen LogP contribution is 2.10. The number of nitrogens with two attached hydrogens (primary N) is 1. The van der Waals surface area contributed by atoms with Gasteiger partial charge in [-0.05, 0) is 19.4 Å². The molecule has 6 heteroatoms. The minimum absolute atomic E-state index is 0.0118. The lowest BCUT2D eigenvalue weighted by atomic mass is 10.1. The molecule has 5 nitrogen and oxygen atoms in total. The first-order chi connectivity index (χ1) is 8.90. The second kappa shape index (κ2) is 6.65. The number of amides is 1. The zero-order valence-electron chi connectivity index (χ0n) is 12.0. The number of hydrogen-bond donors (Lipinski definition) is 1. The van der Waals surface area contributed by atoms with Crippen LogP contribution in [0.2, 0.25) is 0 Å². The van der Waals surface area contributed by atoms with E-state index >= 15 is 0 Å². The van der Waals surface area contributed by atoms with E-state index in [0.717, 1.165) is 12.1 Å². The van der Waals surface area contributed by atoms with E-state index in [1.54, 1.807) is 16.6 Å². The van der Waals surface area contributed by atoms with Gasteiger partial charge < -0.3 is 10.6 Å². The summed E-state index contributed by atoms with van der Waals surface area (Å²) in [6.07, 6.45) is 0.816. The molecule has 2 N–H and O–H groups in total. The van der Waals surface area contributed by atoms with Crippen LogP contribution in [0.4, 0.5) is 0 Å². The molecule has 0 bridgehead atoms. The van der Waals surface area contributed by atoms with Gasteiger partial charge in [-0.15, -0.1) is 0 Å². The molecule has 0 aromatic carbocycles. The summed E-state index contributed by atoms with van der Waals surface area (Å²) in [4.78, 5) is 14.7. The lowest BCUT2D eigenvalue weighted by molar-refractivity contribution is 0.0744. The van der Waals surface area contributed by atoms with Crippen LogP contribution in [0.15, 0.2) is 6.07 Å². The summed E-state index contributed by atoms with van der Waals surface area (Å²) in [6, 6.07) is 1.84. The van der Waals surface area contributed by atoms with Crippen molar-refractivity contribution < 1.29 is 4.79 Å². The number of aromatic nitrogens is 2. The largest absolute Gasteiger partial charge is 0.393 e. The van der Waals surface area contributed by atoms with Gasteiger partial charge >= 0.3 is 0 Å². The topological polar surface area (TPSA) is 64.2 Å². The Balaban J connectivity index is 2.88. The number of hydrogen-bond acceptors (Lipinski definition) is 3. The van der Waals surface area contributed by atoms with Gasteiger partial charge in [0.05, 0.1) is 10.7 Å². The molecule has 0 radical (unpaired) electrons. The summed E-state index contributed by atoms with van der Waals surface area (Å²) < 4.78 is 1.63. The third-order valence-electron chi connectivity index (χ3n) is 3.16. The van der Waals surface area contributed by atoms with Gasteiger partial charge in [-0.3, -0.25) is 9.48 Å². The molecule has 1 rings (SSSR count). The lowest BCUT2D eigenvalue weighted by Crippen LogP contribution is -2.38. The molecule has 1 aromatic rings. The van der Waals surface area contributed by atoms with Crippen LogP contribution in [0.25, 0.3) is 0 Å². The van der Waals surface area contributed by atoms with Crippen molar-refractivity contribution in [3.63, 3.8) is 0 Å². The average Bonchev–Trinajstić information content (AvgIpc) is 2.75. The summed E-state index contributed by atoms with van der Waals surface area (Å²) in [7, 11) is 1.79. The molecule has 1 aromatic heterocycles. The molecule has 0 aliphatic heterocycles. The van der Waals surface area contributed by atoms with E-state index in [2.05, 4.69) is 5.10 Å². The molecule has 19 heavy (non-hydrogen) atoms. The molecule has 1 heterocycles. The van der Waals surface area contributed by atoms with E-state index in [9.17, 15) is 4.79 Å². The van der Waals surface area contributed by atoms with Crippen LogP contribution in [0.1, 0.15) is 37.0 Å². The van der Waals surface area contributed by atoms with Crippen molar-refractivity contribution in [2.45, 2.75) is 27.2 Å². The van der Waals surface area contributed by atoms with Gasteiger partial charge in [0, 0.05) is 26.1 Å². The molecule has 106 valence electrons. The fraction of sp³-hybridized carbons (Fsp3) is 0.615. The van der Waals surface area contributed by atoms with Crippen molar-refractivity contribution in [1.82, 2.24) is 14.7 Å². The summed E-state index contributed by atoms with van der Waals surface area (Å²) in [5, 5.41) is 4.30. The van der Waals surface area contributed by atoms with E-state index in [-0.39, 0.29) is 11.8 Å². The summed E-state index contributed by atoms with van der Waals surface area (Å²) >= 11 is 4.96. The van der Waals surface area contributed by atoms with Crippen molar-refractivity contribution in [1.29, 1.82) is 0 Å². The van der Waals surface area contributed by atoms with Crippen LogP contribution in [-0.2, 0) is 13.5 Å². The first kappa shape index (κ1) is 15.6. The van der Waals surface area contributed by atoms with E-state index in [4.69, 9.17) is 18.0 Å². The second-order valence-corrected chi connectivity index (χ2v) is 5.12. The first-order valence-corrected chi connectivity index (χ1v) is 6.93. The zero-order valence-corrected chi connectivity index (χ0v) is 12.8. The van der Waals surface area contributed by atoms with Crippen LogP contribution in [0, 0.1) is 5.92 Å². The van der Waals surface area contributed by atoms with Crippen LogP contribution in [0.3, 0.4) is 0 Å². The van der Waals surface area contributed by atoms with E-state index in [0.29, 0.717) is 23.8 Å². The molecule has 1 unspecified atom stereocenters. The van der Waals surface area contributed by atoms with Gasteiger partial charge in [-0.25, -0.2) is 0 Å². The van der Waals surface area contributed by atoms with Gasteiger partial charge in [0.25, 0.3) is 5.91 Å². The Bertz CT molecular complexity index is 469.